The summed E-state index contributed by atoms with van der Waals surface area (Å²) in [4.78, 5) is 27.7. The molecule has 1 N–H and O–H groups in total. The second kappa shape index (κ2) is 8.82. The summed E-state index contributed by atoms with van der Waals surface area (Å²) in [6, 6.07) is 9.29. The van der Waals surface area contributed by atoms with Crippen molar-refractivity contribution in [2.24, 2.45) is 0 Å². The molecule has 0 aliphatic rings. The smallest absolute Gasteiger partial charge is 0.243 e. The van der Waals surface area contributed by atoms with Crippen LogP contribution < -0.4 is 5.32 Å². The summed E-state index contributed by atoms with van der Waals surface area (Å²) >= 11 is 3.39. The number of hydrogen-bond donors (Lipinski definition) is 1. The van der Waals surface area contributed by atoms with Crippen LogP contribution in [-0.2, 0) is 16.1 Å². The molecule has 0 saturated heterocycles. The Morgan fingerprint density at radius 2 is 1.96 bits per heavy atom. The molecule has 0 radical (unpaired) electrons. The van der Waals surface area contributed by atoms with E-state index in [2.05, 4.69) is 21.2 Å². The van der Waals surface area contributed by atoms with Crippen molar-refractivity contribution in [1.82, 2.24) is 9.80 Å². The SMILES string of the molecule is Cc1cc(Br)ccc1NC(=O)CN(C)C(=O)CN(C)Cc1ccco1. The fraction of sp³-hybridized carbons (Fsp3) is 0.333. The fourth-order valence-corrected chi connectivity index (χ4v) is 2.81. The third kappa shape index (κ3) is 6.03. The lowest BCUT2D eigenvalue weighted by molar-refractivity contribution is -0.134. The van der Waals surface area contributed by atoms with Crippen molar-refractivity contribution >= 4 is 33.4 Å². The Hall–Kier alpha value is -2.12. The Balaban J connectivity index is 1.82. The molecule has 1 heterocycles. The van der Waals surface area contributed by atoms with Gasteiger partial charge < -0.3 is 14.6 Å². The first-order chi connectivity index (χ1) is 11.8. The minimum atomic E-state index is -0.227. The maximum atomic E-state index is 12.2. The number of furan rings is 1. The van der Waals surface area contributed by atoms with Gasteiger partial charge in [-0.1, -0.05) is 15.9 Å². The molecule has 0 atom stereocenters. The third-order valence-corrected chi connectivity index (χ3v) is 4.17. The van der Waals surface area contributed by atoms with Gasteiger partial charge in [0.1, 0.15) is 5.76 Å². The van der Waals surface area contributed by atoms with Crippen LogP contribution >= 0.6 is 15.9 Å². The van der Waals surface area contributed by atoms with Gasteiger partial charge in [-0.05, 0) is 49.9 Å². The Labute approximate surface area is 155 Å². The van der Waals surface area contributed by atoms with Crippen LogP contribution in [0.3, 0.4) is 0 Å². The van der Waals surface area contributed by atoms with E-state index in [0.717, 1.165) is 21.5 Å². The number of benzene rings is 1. The van der Waals surface area contributed by atoms with Crippen LogP contribution in [0.4, 0.5) is 5.69 Å². The number of aryl methyl sites for hydroxylation is 1. The molecule has 1 aromatic heterocycles. The quantitative estimate of drug-likeness (QED) is 0.765. The fourth-order valence-electron chi connectivity index (χ4n) is 2.34. The summed E-state index contributed by atoms with van der Waals surface area (Å²) < 4.78 is 6.22. The standard InChI is InChI=1S/C18H22BrN3O3/c1-13-9-14(19)6-7-16(13)20-17(23)11-22(3)18(24)12-21(2)10-15-5-4-8-25-15/h4-9H,10-12H2,1-3H3,(H,20,23). The molecule has 7 heteroatoms. The van der Waals surface area contributed by atoms with E-state index in [1.807, 2.05) is 49.2 Å². The van der Waals surface area contributed by atoms with Crippen LogP contribution in [0, 0.1) is 6.92 Å². The number of halogens is 1. The average molecular weight is 408 g/mol. The number of rotatable bonds is 7. The van der Waals surface area contributed by atoms with Crippen molar-refractivity contribution < 1.29 is 14.0 Å². The minimum absolute atomic E-state index is 0.00291. The Kier molecular flexibility index (Phi) is 6.78. The molecule has 0 aliphatic heterocycles. The number of nitrogens with one attached hydrogen (secondary N) is 1. The average Bonchev–Trinajstić information content (AvgIpc) is 3.02. The molecule has 2 aromatic rings. The number of hydrogen-bond acceptors (Lipinski definition) is 4. The number of nitrogens with zero attached hydrogens (tertiary/aromatic N) is 2. The summed E-state index contributed by atoms with van der Waals surface area (Å²) in [6.07, 6.45) is 1.60. The van der Waals surface area contributed by atoms with E-state index in [9.17, 15) is 9.59 Å². The van der Waals surface area contributed by atoms with Gasteiger partial charge in [-0.15, -0.1) is 0 Å². The monoisotopic (exact) mass is 407 g/mol. The number of anilines is 1. The second-order valence-electron chi connectivity index (χ2n) is 6.01. The van der Waals surface area contributed by atoms with E-state index in [-0.39, 0.29) is 24.9 Å². The molecule has 0 fully saturated rings. The predicted molar refractivity (Wildman–Crippen MR) is 100 cm³/mol. The van der Waals surface area contributed by atoms with E-state index in [0.29, 0.717) is 6.54 Å². The molecule has 1 aromatic carbocycles. The van der Waals surface area contributed by atoms with Gasteiger partial charge in [-0.3, -0.25) is 14.5 Å². The van der Waals surface area contributed by atoms with Crippen LogP contribution in [0.25, 0.3) is 0 Å². The Morgan fingerprint density at radius 3 is 2.60 bits per heavy atom. The number of carbonyl (C=O) groups is 2. The lowest BCUT2D eigenvalue weighted by Gasteiger charge is -2.21. The third-order valence-electron chi connectivity index (χ3n) is 3.68. The molecular formula is C18H22BrN3O3. The summed E-state index contributed by atoms with van der Waals surface area (Å²) in [5, 5.41) is 2.83. The van der Waals surface area contributed by atoms with Crippen LogP contribution in [0.2, 0.25) is 0 Å². The second-order valence-corrected chi connectivity index (χ2v) is 6.92. The van der Waals surface area contributed by atoms with Gasteiger partial charge in [0.15, 0.2) is 0 Å². The zero-order chi connectivity index (χ0) is 18.4. The first-order valence-electron chi connectivity index (χ1n) is 7.86. The molecule has 2 amide bonds. The van der Waals surface area contributed by atoms with E-state index in [4.69, 9.17) is 4.42 Å². The van der Waals surface area contributed by atoms with Crippen molar-refractivity contribution in [3.05, 3.63) is 52.4 Å². The topological polar surface area (TPSA) is 65.8 Å². The summed E-state index contributed by atoms with van der Waals surface area (Å²) in [5.41, 5.74) is 1.69. The molecule has 134 valence electrons. The molecule has 0 unspecified atom stereocenters. The van der Waals surface area contributed by atoms with E-state index in [1.165, 1.54) is 4.90 Å². The van der Waals surface area contributed by atoms with Crippen LogP contribution in [0.5, 0.6) is 0 Å². The van der Waals surface area contributed by atoms with Crippen molar-refractivity contribution in [2.45, 2.75) is 13.5 Å². The van der Waals surface area contributed by atoms with Gasteiger partial charge in [-0.25, -0.2) is 0 Å². The van der Waals surface area contributed by atoms with Crippen molar-refractivity contribution in [2.75, 3.05) is 32.5 Å². The molecule has 0 bridgehead atoms. The van der Waals surface area contributed by atoms with Gasteiger partial charge in [0.2, 0.25) is 11.8 Å². The maximum Gasteiger partial charge on any atom is 0.243 e. The van der Waals surface area contributed by atoms with Crippen LogP contribution in [-0.4, -0.2) is 48.8 Å². The summed E-state index contributed by atoms with van der Waals surface area (Å²) in [5.74, 6) is 0.438. The zero-order valence-corrected chi connectivity index (χ0v) is 16.2. The summed E-state index contributed by atoms with van der Waals surface area (Å²) in [7, 11) is 3.45. The molecule has 25 heavy (non-hydrogen) atoms. The van der Waals surface area contributed by atoms with Gasteiger partial charge in [-0.2, -0.15) is 0 Å². The van der Waals surface area contributed by atoms with Crippen molar-refractivity contribution in [3.63, 3.8) is 0 Å². The van der Waals surface area contributed by atoms with E-state index in [1.54, 1.807) is 13.3 Å². The van der Waals surface area contributed by atoms with E-state index < -0.39 is 0 Å². The van der Waals surface area contributed by atoms with Crippen molar-refractivity contribution in [1.29, 1.82) is 0 Å². The number of likely N-dealkylation sites (N-methyl/N-ethyl adjacent to an activating group) is 2. The first kappa shape index (κ1) is 19.2. The van der Waals surface area contributed by atoms with Crippen LogP contribution in [0.15, 0.2) is 45.5 Å². The molecule has 6 nitrogen and oxygen atoms in total. The summed E-state index contributed by atoms with van der Waals surface area (Å²) in [6.45, 7) is 2.67. The van der Waals surface area contributed by atoms with Gasteiger partial charge in [0.05, 0.1) is 25.9 Å². The molecule has 2 rings (SSSR count). The minimum Gasteiger partial charge on any atom is -0.468 e. The lowest BCUT2D eigenvalue weighted by atomic mass is 10.2. The Morgan fingerprint density at radius 1 is 1.20 bits per heavy atom. The molecule has 0 aliphatic carbocycles. The van der Waals surface area contributed by atoms with Gasteiger partial charge >= 0.3 is 0 Å². The molecular weight excluding hydrogens is 386 g/mol. The highest BCUT2D eigenvalue weighted by atomic mass is 79.9. The predicted octanol–water partition coefficient (Wildman–Crippen LogP) is 2.88. The highest BCUT2D eigenvalue weighted by molar-refractivity contribution is 9.10. The lowest BCUT2D eigenvalue weighted by Crippen LogP contribution is -2.40. The highest BCUT2D eigenvalue weighted by Gasteiger charge is 2.16. The first-order valence-corrected chi connectivity index (χ1v) is 8.65. The zero-order valence-electron chi connectivity index (χ0n) is 14.6. The molecule has 0 spiro atoms. The largest absolute Gasteiger partial charge is 0.468 e. The maximum absolute atomic E-state index is 12.2. The van der Waals surface area contributed by atoms with Crippen LogP contribution in [0.1, 0.15) is 11.3 Å². The highest BCUT2D eigenvalue weighted by Crippen LogP contribution is 2.19. The van der Waals surface area contributed by atoms with Gasteiger partial charge in [0, 0.05) is 17.2 Å². The van der Waals surface area contributed by atoms with Crippen molar-refractivity contribution in [3.8, 4) is 0 Å². The molecule has 0 saturated carbocycles. The van der Waals surface area contributed by atoms with Gasteiger partial charge in [0.25, 0.3) is 0 Å². The number of amides is 2. The van der Waals surface area contributed by atoms with E-state index >= 15 is 0 Å². The normalized spacial score (nSPS) is 10.8. The number of carbonyl (C=O) groups excluding carboxylic acids is 2. The Bertz CT molecular complexity index is 731.